The molecule has 0 amide bonds. The lowest BCUT2D eigenvalue weighted by atomic mass is 10.3. The van der Waals surface area contributed by atoms with Gasteiger partial charge in [0.05, 0.1) is 15.7 Å². The fourth-order valence-electron chi connectivity index (χ4n) is 1.46. The number of sulfonamides is 1. The van der Waals surface area contributed by atoms with Crippen LogP contribution in [0.4, 0.5) is 5.69 Å². The zero-order valence-electron chi connectivity index (χ0n) is 9.75. The summed E-state index contributed by atoms with van der Waals surface area (Å²) in [6.45, 7) is 4.54. The van der Waals surface area contributed by atoms with Gasteiger partial charge in [0.15, 0.2) is 0 Å². The van der Waals surface area contributed by atoms with Crippen LogP contribution in [0.3, 0.4) is 0 Å². The third kappa shape index (κ3) is 3.20. The summed E-state index contributed by atoms with van der Waals surface area (Å²) in [7, 11) is -3.39. The third-order valence-electron chi connectivity index (χ3n) is 2.35. The lowest BCUT2D eigenvalue weighted by Gasteiger charge is -2.18. The normalized spacial score (nSPS) is 11.2. The molecular weight excluding hydrogens is 256 g/mol. The van der Waals surface area contributed by atoms with Crippen LogP contribution in [-0.2, 0) is 10.0 Å². The van der Waals surface area contributed by atoms with Crippen molar-refractivity contribution < 1.29 is 8.42 Å². The molecular formula is C11H14N2O2S2. The fourth-order valence-corrected chi connectivity index (χ4v) is 3.02. The molecule has 0 spiro atoms. The molecule has 0 aliphatic carbocycles. The Labute approximate surface area is 107 Å². The van der Waals surface area contributed by atoms with Gasteiger partial charge < -0.3 is 0 Å². The van der Waals surface area contributed by atoms with Gasteiger partial charge in [0.1, 0.15) is 0 Å². The molecule has 0 unspecified atom stereocenters. The summed E-state index contributed by atoms with van der Waals surface area (Å²) in [5.74, 6) is 0. The van der Waals surface area contributed by atoms with Crippen LogP contribution in [0.15, 0.2) is 34.2 Å². The van der Waals surface area contributed by atoms with E-state index in [1.54, 1.807) is 12.1 Å². The van der Waals surface area contributed by atoms with E-state index in [4.69, 9.17) is 0 Å². The van der Waals surface area contributed by atoms with Crippen molar-refractivity contribution >= 4 is 33.1 Å². The van der Waals surface area contributed by atoms with E-state index >= 15 is 0 Å². The van der Waals surface area contributed by atoms with Gasteiger partial charge in [-0.05, 0) is 36.5 Å². The topological polar surface area (TPSA) is 49.7 Å². The quantitative estimate of drug-likeness (QED) is 0.610. The Morgan fingerprint density at radius 3 is 2.18 bits per heavy atom. The van der Waals surface area contributed by atoms with Gasteiger partial charge in [-0.1, -0.05) is 13.8 Å². The monoisotopic (exact) mass is 270 g/mol. The molecule has 0 bridgehead atoms. The maximum absolute atomic E-state index is 12.1. The molecule has 0 aromatic heterocycles. The van der Waals surface area contributed by atoms with E-state index in [-0.39, 0.29) is 4.90 Å². The highest BCUT2D eigenvalue weighted by Gasteiger charge is 2.20. The highest BCUT2D eigenvalue weighted by Crippen LogP contribution is 2.19. The summed E-state index contributed by atoms with van der Waals surface area (Å²) in [6, 6.07) is 6.27. The first kappa shape index (κ1) is 14.0. The number of benzene rings is 1. The van der Waals surface area contributed by atoms with E-state index in [1.165, 1.54) is 16.4 Å². The standard InChI is InChI=1S/C11H14N2O2S2/c1-3-13(4-2)17(14,15)11-7-5-10(6-8-11)12-9-16/h5-8H,3-4H2,1-2H3. The molecule has 0 N–H and O–H groups in total. The zero-order chi connectivity index (χ0) is 12.9. The van der Waals surface area contributed by atoms with Crippen molar-refractivity contribution in [1.82, 2.24) is 4.31 Å². The maximum atomic E-state index is 12.1. The molecule has 92 valence electrons. The second-order valence-corrected chi connectivity index (χ2v) is 5.41. The predicted octanol–water partition coefficient (Wildman–Crippen LogP) is 2.45. The van der Waals surface area contributed by atoms with E-state index in [9.17, 15) is 8.42 Å². The van der Waals surface area contributed by atoms with Gasteiger partial charge in [-0.15, -0.1) is 0 Å². The highest BCUT2D eigenvalue weighted by atomic mass is 32.2. The minimum atomic E-state index is -3.39. The predicted molar refractivity (Wildman–Crippen MR) is 71.2 cm³/mol. The summed E-state index contributed by atoms with van der Waals surface area (Å²) in [6.07, 6.45) is 0. The number of hydrogen-bond acceptors (Lipinski definition) is 4. The van der Waals surface area contributed by atoms with Crippen LogP contribution in [0.5, 0.6) is 0 Å². The molecule has 0 radical (unpaired) electrons. The summed E-state index contributed by atoms with van der Waals surface area (Å²) < 4.78 is 25.7. The summed E-state index contributed by atoms with van der Waals surface area (Å²) in [5, 5.41) is 2.24. The number of rotatable bonds is 5. The smallest absolute Gasteiger partial charge is 0.207 e. The average molecular weight is 270 g/mol. The van der Waals surface area contributed by atoms with Crippen molar-refractivity contribution in [1.29, 1.82) is 0 Å². The minimum absolute atomic E-state index is 0.268. The fraction of sp³-hybridized carbons (Fsp3) is 0.364. The maximum Gasteiger partial charge on any atom is 0.243 e. The molecule has 17 heavy (non-hydrogen) atoms. The summed E-state index contributed by atoms with van der Waals surface area (Å²) >= 11 is 4.48. The molecule has 0 saturated carbocycles. The van der Waals surface area contributed by atoms with Crippen LogP contribution in [0.2, 0.25) is 0 Å². The Kier molecular flexibility index (Phi) is 4.96. The van der Waals surface area contributed by atoms with E-state index in [2.05, 4.69) is 22.4 Å². The Morgan fingerprint density at radius 2 is 1.76 bits per heavy atom. The molecule has 1 aromatic rings. The average Bonchev–Trinajstić information content (AvgIpc) is 2.31. The van der Waals surface area contributed by atoms with E-state index in [0.717, 1.165) is 0 Å². The second-order valence-electron chi connectivity index (χ2n) is 3.29. The number of aliphatic imine (C=N–C) groups is 1. The van der Waals surface area contributed by atoms with Crippen LogP contribution in [0.1, 0.15) is 13.8 Å². The van der Waals surface area contributed by atoms with Crippen LogP contribution in [-0.4, -0.2) is 31.0 Å². The molecule has 0 fully saturated rings. The van der Waals surface area contributed by atoms with Crippen molar-refractivity contribution in [2.75, 3.05) is 13.1 Å². The Morgan fingerprint density at radius 1 is 1.24 bits per heavy atom. The van der Waals surface area contributed by atoms with Gasteiger partial charge in [0.2, 0.25) is 10.0 Å². The largest absolute Gasteiger partial charge is 0.243 e. The van der Waals surface area contributed by atoms with Crippen molar-refractivity contribution in [3.05, 3.63) is 24.3 Å². The van der Waals surface area contributed by atoms with E-state index in [1.807, 2.05) is 13.8 Å². The van der Waals surface area contributed by atoms with Crippen molar-refractivity contribution in [2.24, 2.45) is 4.99 Å². The lowest BCUT2D eigenvalue weighted by molar-refractivity contribution is 0.445. The van der Waals surface area contributed by atoms with Crippen molar-refractivity contribution in [3.63, 3.8) is 0 Å². The SMILES string of the molecule is CCN(CC)S(=O)(=O)c1ccc(N=C=S)cc1. The van der Waals surface area contributed by atoms with Gasteiger partial charge in [0, 0.05) is 13.1 Å². The molecule has 0 saturated heterocycles. The molecule has 6 heteroatoms. The summed E-state index contributed by atoms with van der Waals surface area (Å²) in [5.41, 5.74) is 0.596. The molecule has 0 heterocycles. The second kappa shape index (κ2) is 6.02. The van der Waals surface area contributed by atoms with Crippen LogP contribution < -0.4 is 0 Å². The Hall–Kier alpha value is -1.07. The highest BCUT2D eigenvalue weighted by molar-refractivity contribution is 7.89. The molecule has 0 aliphatic rings. The van der Waals surface area contributed by atoms with Crippen molar-refractivity contribution in [2.45, 2.75) is 18.7 Å². The minimum Gasteiger partial charge on any atom is -0.207 e. The van der Waals surface area contributed by atoms with Crippen LogP contribution in [0.25, 0.3) is 0 Å². The molecule has 1 rings (SSSR count). The third-order valence-corrected chi connectivity index (χ3v) is 4.51. The molecule has 1 aromatic carbocycles. The Balaban J connectivity index is 3.12. The van der Waals surface area contributed by atoms with E-state index in [0.29, 0.717) is 18.8 Å². The number of isothiocyanates is 1. The first-order chi connectivity index (χ1) is 8.06. The number of hydrogen-bond donors (Lipinski definition) is 0. The van der Waals surface area contributed by atoms with Crippen LogP contribution in [0, 0.1) is 0 Å². The zero-order valence-corrected chi connectivity index (χ0v) is 11.4. The van der Waals surface area contributed by atoms with Gasteiger partial charge in [-0.25, -0.2) is 8.42 Å². The van der Waals surface area contributed by atoms with Gasteiger partial charge in [-0.2, -0.15) is 9.30 Å². The van der Waals surface area contributed by atoms with Gasteiger partial charge >= 0.3 is 0 Å². The van der Waals surface area contributed by atoms with E-state index < -0.39 is 10.0 Å². The van der Waals surface area contributed by atoms with Gasteiger partial charge in [-0.3, -0.25) is 0 Å². The number of nitrogens with zero attached hydrogens (tertiary/aromatic N) is 2. The molecule has 4 nitrogen and oxygen atoms in total. The molecule has 0 aliphatic heterocycles. The first-order valence-corrected chi connectivity index (χ1v) is 7.09. The first-order valence-electron chi connectivity index (χ1n) is 5.24. The Bertz CT molecular complexity index is 513. The molecule has 0 atom stereocenters. The lowest BCUT2D eigenvalue weighted by Crippen LogP contribution is -2.30. The summed E-state index contributed by atoms with van der Waals surface area (Å²) in [4.78, 5) is 4.04. The number of thiocarbonyl (C=S) groups is 1. The van der Waals surface area contributed by atoms with Crippen molar-refractivity contribution in [3.8, 4) is 0 Å². The van der Waals surface area contributed by atoms with Crippen LogP contribution >= 0.6 is 12.2 Å². The van der Waals surface area contributed by atoms with Gasteiger partial charge in [0.25, 0.3) is 0 Å².